The zero-order chi connectivity index (χ0) is 20.0. The fraction of sp³-hybridized carbons (Fsp3) is 0.182. The third-order valence-electron chi connectivity index (χ3n) is 4.98. The minimum Gasteiger partial charge on any atom is -0.497 e. The Morgan fingerprint density at radius 1 is 1.29 bits per heavy atom. The molecular weight excluding hydrogens is 378 g/mol. The maximum Gasteiger partial charge on any atom is 0.291 e. The van der Waals surface area contributed by atoms with Gasteiger partial charge in [-0.1, -0.05) is 29.8 Å². The fourth-order valence-electron chi connectivity index (χ4n) is 3.63. The van der Waals surface area contributed by atoms with Gasteiger partial charge in [0.15, 0.2) is 5.43 Å². The van der Waals surface area contributed by atoms with E-state index in [1.54, 1.807) is 30.2 Å². The van der Waals surface area contributed by atoms with Crippen molar-refractivity contribution in [2.45, 2.75) is 13.0 Å². The third kappa shape index (κ3) is 2.70. The molecule has 1 unspecified atom stereocenters. The minimum absolute atomic E-state index is 0.0638. The van der Waals surface area contributed by atoms with E-state index >= 15 is 0 Å². The van der Waals surface area contributed by atoms with Crippen LogP contribution < -0.4 is 10.2 Å². The Kier molecular flexibility index (Phi) is 4.47. The van der Waals surface area contributed by atoms with E-state index < -0.39 is 6.04 Å². The molecule has 1 aliphatic rings. The van der Waals surface area contributed by atoms with Crippen molar-refractivity contribution in [3.8, 4) is 5.75 Å². The van der Waals surface area contributed by atoms with Gasteiger partial charge in [-0.2, -0.15) is 0 Å². The van der Waals surface area contributed by atoms with Crippen LogP contribution in [0.1, 0.15) is 33.3 Å². The van der Waals surface area contributed by atoms with Crippen LogP contribution in [0.4, 0.5) is 0 Å². The number of amides is 1. The van der Waals surface area contributed by atoms with Crippen molar-refractivity contribution >= 4 is 28.5 Å². The number of halogens is 1. The number of aryl methyl sites for hydroxylation is 1. The van der Waals surface area contributed by atoms with E-state index in [1.165, 1.54) is 0 Å². The summed E-state index contributed by atoms with van der Waals surface area (Å²) in [5, 5.41) is 0.834. The Bertz CT molecular complexity index is 1180. The first kappa shape index (κ1) is 18.3. The molecular formula is C22H18ClNO4. The summed E-state index contributed by atoms with van der Waals surface area (Å²) >= 11 is 6.22. The lowest BCUT2D eigenvalue weighted by molar-refractivity contribution is 0.0748. The second kappa shape index (κ2) is 6.84. The van der Waals surface area contributed by atoms with Crippen LogP contribution in [0.3, 0.4) is 0 Å². The first-order valence-corrected chi connectivity index (χ1v) is 9.16. The van der Waals surface area contributed by atoms with E-state index in [2.05, 4.69) is 6.58 Å². The van der Waals surface area contributed by atoms with Gasteiger partial charge in [-0.3, -0.25) is 9.59 Å². The van der Waals surface area contributed by atoms with Gasteiger partial charge in [0.2, 0.25) is 5.76 Å². The van der Waals surface area contributed by atoms with E-state index in [-0.39, 0.29) is 23.6 Å². The lowest BCUT2D eigenvalue weighted by Crippen LogP contribution is -2.29. The molecule has 0 radical (unpaired) electrons. The van der Waals surface area contributed by atoms with Crippen LogP contribution in [0.15, 0.2) is 58.3 Å². The lowest BCUT2D eigenvalue weighted by Gasteiger charge is -2.24. The van der Waals surface area contributed by atoms with Crippen molar-refractivity contribution in [2.75, 3.05) is 13.7 Å². The zero-order valence-corrected chi connectivity index (χ0v) is 16.2. The molecule has 3 aromatic rings. The molecule has 4 rings (SSSR count). The number of benzene rings is 2. The van der Waals surface area contributed by atoms with Gasteiger partial charge in [-0.05, 0) is 42.3 Å². The molecule has 142 valence electrons. The van der Waals surface area contributed by atoms with E-state index in [0.29, 0.717) is 27.3 Å². The van der Waals surface area contributed by atoms with E-state index in [1.807, 2.05) is 31.2 Å². The molecule has 6 heteroatoms. The van der Waals surface area contributed by atoms with Gasteiger partial charge in [-0.25, -0.2) is 0 Å². The number of methoxy groups -OCH3 is 1. The average Bonchev–Trinajstić information content (AvgIpc) is 2.96. The second-order valence-electron chi connectivity index (χ2n) is 6.70. The molecule has 0 bridgehead atoms. The molecule has 5 nitrogen and oxygen atoms in total. The van der Waals surface area contributed by atoms with Gasteiger partial charge in [0.25, 0.3) is 5.91 Å². The predicted octanol–water partition coefficient (Wildman–Crippen LogP) is 4.49. The molecule has 1 atom stereocenters. The van der Waals surface area contributed by atoms with Crippen molar-refractivity contribution in [2.24, 2.45) is 0 Å². The van der Waals surface area contributed by atoms with Crippen LogP contribution in [0.5, 0.6) is 5.75 Å². The van der Waals surface area contributed by atoms with E-state index in [9.17, 15) is 9.59 Å². The number of carbonyl (C=O) groups excluding carboxylic acids is 1. The summed E-state index contributed by atoms with van der Waals surface area (Å²) in [5.74, 6) is 0.365. The summed E-state index contributed by atoms with van der Waals surface area (Å²) in [6.45, 7) is 5.84. The average molecular weight is 396 g/mol. The van der Waals surface area contributed by atoms with Crippen LogP contribution >= 0.6 is 11.6 Å². The largest absolute Gasteiger partial charge is 0.497 e. The van der Waals surface area contributed by atoms with Gasteiger partial charge in [0.1, 0.15) is 11.3 Å². The summed E-state index contributed by atoms with van der Waals surface area (Å²) in [6, 6.07) is 10.0. The van der Waals surface area contributed by atoms with Crippen LogP contribution in [-0.4, -0.2) is 24.5 Å². The second-order valence-corrected chi connectivity index (χ2v) is 7.10. The van der Waals surface area contributed by atoms with Gasteiger partial charge in [0.05, 0.1) is 24.1 Å². The number of fused-ring (bicyclic) bond motifs is 2. The zero-order valence-electron chi connectivity index (χ0n) is 15.5. The van der Waals surface area contributed by atoms with Crippen molar-refractivity contribution in [1.82, 2.24) is 4.90 Å². The molecule has 1 aliphatic heterocycles. The van der Waals surface area contributed by atoms with Crippen molar-refractivity contribution in [1.29, 1.82) is 0 Å². The van der Waals surface area contributed by atoms with Crippen molar-refractivity contribution < 1.29 is 13.9 Å². The highest BCUT2D eigenvalue weighted by Crippen LogP contribution is 2.39. The number of nitrogens with zero attached hydrogens (tertiary/aromatic N) is 1. The molecule has 1 amide bonds. The monoisotopic (exact) mass is 395 g/mol. The van der Waals surface area contributed by atoms with Crippen LogP contribution in [0.25, 0.3) is 11.0 Å². The quantitative estimate of drug-likeness (QED) is 0.610. The molecule has 2 heterocycles. The highest BCUT2D eigenvalue weighted by atomic mass is 35.5. The SMILES string of the molecule is C=CCN1C(=O)c2oc3cc(C)c(Cl)cc3c(=O)c2C1c1cccc(OC)c1. The summed E-state index contributed by atoms with van der Waals surface area (Å²) in [5.41, 5.74) is 1.94. The Morgan fingerprint density at radius 2 is 2.07 bits per heavy atom. The van der Waals surface area contributed by atoms with Crippen LogP contribution in [-0.2, 0) is 0 Å². The maximum absolute atomic E-state index is 13.4. The summed E-state index contributed by atoms with van der Waals surface area (Å²) < 4.78 is 11.2. The summed E-state index contributed by atoms with van der Waals surface area (Å²) in [6.07, 6.45) is 1.63. The smallest absolute Gasteiger partial charge is 0.291 e. The van der Waals surface area contributed by atoms with Gasteiger partial charge in [0, 0.05) is 11.6 Å². The molecule has 2 aromatic carbocycles. The predicted molar refractivity (Wildman–Crippen MR) is 108 cm³/mol. The van der Waals surface area contributed by atoms with Crippen LogP contribution in [0, 0.1) is 6.92 Å². The minimum atomic E-state index is -0.587. The molecule has 0 N–H and O–H groups in total. The number of ether oxygens (including phenoxy) is 1. The molecule has 1 aromatic heterocycles. The number of carbonyl (C=O) groups is 1. The van der Waals surface area contributed by atoms with Gasteiger partial charge >= 0.3 is 0 Å². The van der Waals surface area contributed by atoms with Crippen LogP contribution in [0.2, 0.25) is 5.02 Å². The van der Waals surface area contributed by atoms with E-state index in [0.717, 1.165) is 11.1 Å². The molecule has 0 saturated heterocycles. The Labute approximate surface area is 166 Å². The topological polar surface area (TPSA) is 59.8 Å². The standard InChI is InChI=1S/C22H18ClNO4/c1-4-8-24-19(13-6-5-7-14(10-13)27-3)18-20(25)15-11-16(23)12(2)9-17(15)28-21(18)22(24)26/h4-7,9-11,19H,1,8H2,2-3H3. The molecule has 28 heavy (non-hydrogen) atoms. The lowest BCUT2D eigenvalue weighted by atomic mass is 9.98. The fourth-order valence-corrected chi connectivity index (χ4v) is 3.79. The Hall–Kier alpha value is -3.05. The molecule has 0 fully saturated rings. The maximum atomic E-state index is 13.4. The highest BCUT2D eigenvalue weighted by molar-refractivity contribution is 6.32. The Balaban J connectivity index is 2.03. The van der Waals surface area contributed by atoms with Gasteiger partial charge < -0.3 is 14.1 Å². The van der Waals surface area contributed by atoms with Crippen molar-refractivity contribution in [3.05, 3.63) is 86.7 Å². The Morgan fingerprint density at radius 3 is 2.79 bits per heavy atom. The normalized spacial score (nSPS) is 15.8. The number of hydrogen-bond donors (Lipinski definition) is 0. The van der Waals surface area contributed by atoms with Gasteiger partial charge in [-0.15, -0.1) is 6.58 Å². The molecule has 0 aliphatic carbocycles. The first-order chi connectivity index (χ1) is 13.5. The summed E-state index contributed by atoms with van der Waals surface area (Å²) in [7, 11) is 1.57. The number of rotatable bonds is 4. The highest BCUT2D eigenvalue weighted by Gasteiger charge is 2.42. The molecule has 0 saturated carbocycles. The van der Waals surface area contributed by atoms with E-state index in [4.69, 9.17) is 20.8 Å². The molecule has 0 spiro atoms. The van der Waals surface area contributed by atoms with Crippen molar-refractivity contribution in [3.63, 3.8) is 0 Å². The first-order valence-electron chi connectivity index (χ1n) is 8.79. The number of hydrogen-bond acceptors (Lipinski definition) is 4. The summed E-state index contributed by atoms with van der Waals surface area (Å²) in [4.78, 5) is 28.0. The third-order valence-corrected chi connectivity index (χ3v) is 5.39.